The van der Waals surface area contributed by atoms with Crippen molar-refractivity contribution in [2.75, 3.05) is 11.9 Å². The molecule has 1 amide bonds. The molecule has 0 aromatic heterocycles. The van der Waals surface area contributed by atoms with Crippen molar-refractivity contribution in [3.8, 4) is 5.75 Å². The number of benzene rings is 2. The van der Waals surface area contributed by atoms with Crippen LogP contribution in [0, 0.1) is 5.82 Å². The highest BCUT2D eigenvalue weighted by Crippen LogP contribution is 2.19. The second-order valence-electron chi connectivity index (χ2n) is 5.04. The zero-order chi connectivity index (χ0) is 18.2. The van der Waals surface area contributed by atoms with Gasteiger partial charge in [0.25, 0.3) is 5.91 Å². The lowest BCUT2D eigenvalue weighted by Crippen LogP contribution is -2.45. The summed E-state index contributed by atoms with van der Waals surface area (Å²) < 4.78 is 18.4. The van der Waals surface area contributed by atoms with E-state index in [9.17, 15) is 9.18 Å². The molecule has 0 bridgehead atoms. The van der Waals surface area contributed by atoms with Gasteiger partial charge in [-0.1, -0.05) is 30.7 Å². The first-order valence-electron chi connectivity index (χ1n) is 7.50. The van der Waals surface area contributed by atoms with Gasteiger partial charge in [-0.25, -0.2) is 4.39 Å². The summed E-state index contributed by atoms with van der Waals surface area (Å²) in [6.45, 7) is 1.90. The lowest BCUT2D eigenvalue weighted by Gasteiger charge is -2.12. The fourth-order valence-electron chi connectivity index (χ4n) is 1.87. The van der Waals surface area contributed by atoms with E-state index < -0.39 is 11.7 Å². The molecule has 8 heteroatoms. The number of amides is 1. The molecule has 0 spiro atoms. The third kappa shape index (κ3) is 6.21. The normalized spacial score (nSPS) is 10.0. The quantitative estimate of drug-likeness (QED) is 0.547. The Balaban J connectivity index is 1.73. The number of aryl methyl sites for hydroxylation is 1. The molecule has 2 aromatic rings. The number of hydrogen-bond acceptors (Lipinski definition) is 3. The van der Waals surface area contributed by atoms with Crippen LogP contribution >= 0.6 is 23.8 Å². The van der Waals surface area contributed by atoms with E-state index in [1.54, 1.807) is 0 Å². The predicted molar refractivity (Wildman–Crippen MR) is 100 cm³/mol. The molecule has 0 saturated heterocycles. The summed E-state index contributed by atoms with van der Waals surface area (Å²) in [5, 5.41) is 2.87. The summed E-state index contributed by atoms with van der Waals surface area (Å²) in [5.74, 6) is -0.321. The maximum atomic E-state index is 13.1. The van der Waals surface area contributed by atoms with E-state index in [1.807, 2.05) is 24.3 Å². The maximum absolute atomic E-state index is 13.1. The van der Waals surface area contributed by atoms with Crippen LogP contribution in [-0.4, -0.2) is 17.6 Å². The molecule has 25 heavy (non-hydrogen) atoms. The summed E-state index contributed by atoms with van der Waals surface area (Å²) in [6.07, 6.45) is 0.939. The second-order valence-corrected chi connectivity index (χ2v) is 5.86. The minimum Gasteiger partial charge on any atom is -0.484 e. The largest absolute Gasteiger partial charge is 0.484 e. The highest BCUT2D eigenvalue weighted by atomic mass is 35.5. The summed E-state index contributed by atoms with van der Waals surface area (Å²) in [5.41, 5.74) is 6.60. The molecule has 2 aromatic carbocycles. The van der Waals surface area contributed by atoms with Crippen LogP contribution in [0.5, 0.6) is 5.75 Å². The number of hydrazine groups is 1. The summed E-state index contributed by atoms with van der Waals surface area (Å²) >= 11 is 10.7. The summed E-state index contributed by atoms with van der Waals surface area (Å²) in [4.78, 5) is 11.7. The molecule has 0 saturated carbocycles. The average Bonchev–Trinajstić information content (AvgIpc) is 2.61. The number of rotatable bonds is 5. The van der Waals surface area contributed by atoms with Crippen LogP contribution < -0.4 is 20.9 Å². The van der Waals surface area contributed by atoms with Gasteiger partial charge >= 0.3 is 0 Å². The zero-order valence-electron chi connectivity index (χ0n) is 13.4. The first-order chi connectivity index (χ1) is 12.0. The standard InChI is InChI=1S/C17H17ClFN3O2S/c1-2-11-3-6-13(7-4-11)24-10-16(23)21-22-17(25)20-12-5-8-15(19)14(18)9-12/h3-9H,2,10H2,1H3,(H,21,23)(H2,20,22,25). The third-order valence-electron chi connectivity index (χ3n) is 3.19. The van der Waals surface area contributed by atoms with E-state index in [2.05, 4.69) is 23.1 Å². The third-order valence-corrected chi connectivity index (χ3v) is 3.69. The molecule has 0 unspecified atom stereocenters. The smallest absolute Gasteiger partial charge is 0.276 e. The van der Waals surface area contributed by atoms with Gasteiger partial charge in [0.05, 0.1) is 5.02 Å². The summed E-state index contributed by atoms with van der Waals surface area (Å²) in [7, 11) is 0. The molecule has 0 aliphatic heterocycles. The second kappa shape index (κ2) is 9.19. The Bertz CT molecular complexity index is 756. The number of carbonyl (C=O) groups is 1. The molecular formula is C17H17ClFN3O2S. The van der Waals surface area contributed by atoms with Crippen LogP contribution in [0.3, 0.4) is 0 Å². The molecule has 0 fully saturated rings. The van der Waals surface area contributed by atoms with Crippen molar-refractivity contribution in [3.63, 3.8) is 0 Å². The minimum atomic E-state index is -0.525. The van der Waals surface area contributed by atoms with E-state index >= 15 is 0 Å². The van der Waals surface area contributed by atoms with Gasteiger partial charge in [0.15, 0.2) is 11.7 Å². The van der Waals surface area contributed by atoms with Crippen molar-refractivity contribution >= 4 is 40.5 Å². The molecule has 0 radical (unpaired) electrons. The van der Waals surface area contributed by atoms with Gasteiger partial charge in [-0.3, -0.25) is 15.6 Å². The van der Waals surface area contributed by atoms with Gasteiger partial charge in [0.2, 0.25) is 0 Å². The predicted octanol–water partition coefficient (Wildman–Crippen LogP) is 3.44. The van der Waals surface area contributed by atoms with Crippen LogP contribution in [-0.2, 0) is 11.2 Å². The van der Waals surface area contributed by atoms with E-state index in [1.165, 1.54) is 23.8 Å². The Kier molecular flexibility index (Phi) is 6.97. The number of halogens is 2. The lowest BCUT2D eigenvalue weighted by molar-refractivity contribution is -0.123. The molecule has 0 atom stereocenters. The monoisotopic (exact) mass is 381 g/mol. The highest BCUT2D eigenvalue weighted by molar-refractivity contribution is 7.80. The number of anilines is 1. The molecule has 0 heterocycles. The number of thiocarbonyl (C=S) groups is 1. The number of nitrogens with one attached hydrogen (secondary N) is 3. The fourth-order valence-corrected chi connectivity index (χ4v) is 2.22. The summed E-state index contributed by atoms with van der Waals surface area (Å²) in [6, 6.07) is 11.6. The van der Waals surface area contributed by atoms with Gasteiger partial charge in [-0.05, 0) is 54.5 Å². The van der Waals surface area contributed by atoms with Crippen molar-refractivity contribution in [2.24, 2.45) is 0 Å². The van der Waals surface area contributed by atoms with Gasteiger partial charge < -0.3 is 10.1 Å². The van der Waals surface area contributed by atoms with Crippen molar-refractivity contribution in [2.45, 2.75) is 13.3 Å². The molecule has 0 aliphatic carbocycles. The molecular weight excluding hydrogens is 365 g/mol. The van der Waals surface area contributed by atoms with E-state index in [0.717, 1.165) is 6.42 Å². The van der Waals surface area contributed by atoms with Crippen molar-refractivity contribution in [1.29, 1.82) is 0 Å². The van der Waals surface area contributed by atoms with Gasteiger partial charge in [-0.15, -0.1) is 0 Å². The van der Waals surface area contributed by atoms with E-state index in [4.69, 9.17) is 28.6 Å². The van der Waals surface area contributed by atoms with Crippen LogP contribution in [0.25, 0.3) is 0 Å². The van der Waals surface area contributed by atoms with Gasteiger partial charge in [-0.2, -0.15) is 0 Å². The zero-order valence-corrected chi connectivity index (χ0v) is 15.0. The Morgan fingerprint density at radius 1 is 1.20 bits per heavy atom. The van der Waals surface area contributed by atoms with Crippen LogP contribution in [0.4, 0.5) is 10.1 Å². The van der Waals surface area contributed by atoms with Crippen LogP contribution in [0.1, 0.15) is 12.5 Å². The first kappa shape index (κ1) is 19.0. The molecule has 2 rings (SSSR count). The Labute approximate surface area is 155 Å². The average molecular weight is 382 g/mol. The van der Waals surface area contributed by atoms with Crippen molar-refractivity contribution in [3.05, 3.63) is 58.9 Å². The first-order valence-corrected chi connectivity index (χ1v) is 8.29. The minimum absolute atomic E-state index is 0.0284. The number of hydrogen-bond donors (Lipinski definition) is 3. The molecule has 0 aliphatic rings. The topological polar surface area (TPSA) is 62.4 Å². The molecule has 132 valence electrons. The lowest BCUT2D eigenvalue weighted by atomic mass is 10.2. The van der Waals surface area contributed by atoms with Crippen LogP contribution in [0.15, 0.2) is 42.5 Å². The maximum Gasteiger partial charge on any atom is 0.276 e. The van der Waals surface area contributed by atoms with Crippen molar-refractivity contribution < 1.29 is 13.9 Å². The Morgan fingerprint density at radius 2 is 1.92 bits per heavy atom. The van der Waals surface area contributed by atoms with Gasteiger partial charge in [0.1, 0.15) is 11.6 Å². The van der Waals surface area contributed by atoms with E-state index in [0.29, 0.717) is 11.4 Å². The Morgan fingerprint density at radius 3 is 2.56 bits per heavy atom. The Hall–Kier alpha value is -2.38. The van der Waals surface area contributed by atoms with Gasteiger partial charge in [0, 0.05) is 5.69 Å². The SMILES string of the molecule is CCc1ccc(OCC(=O)NNC(=S)Nc2ccc(F)c(Cl)c2)cc1. The van der Waals surface area contributed by atoms with Crippen molar-refractivity contribution in [1.82, 2.24) is 10.9 Å². The number of ether oxygens (including phenoxy) is 1. The highest BCUT2D eigenvalue weighted by Gasteiger charge is 2.05. The molecule has 3 N–H and O–H groups in total. The molecule has 5 nitrogen and oxygen atoms in total. The van der Waals surface area contributed by atoms with E-state index in [-0.39, 0.29) is 16.7 Å². The van der Waals surface area contributed by atoms with Crippen LogP contribution in [0.2, 0.25) is 5.02 Å². The number of carbonyl (C=O) groups excluding carboxylic acids is 1. The fraction of sp³-hybridized carbons (Fsp3) is 0.176.